The average molecular weight is 393 g/mol. The minimum atomic E-state index is 0.0760. The van der Waals surface area contributed by atoms with Crippen molar-refractivity contribution in [2.75, 3.05) is 18.2 Å². The van der Waals surface area contributed by atoms with Crippen molar-refractivity contribution < 1.29 is 9.53 Å². The van der Waals surface area contributed by atoms with Crippen molar-refractivity contribution in [3.63, 3.8) is 0 Å². The first-order chi connectivity index (χ1) is 12.6. The molecule has 0 radical (unpaired) electrons. The molecule has 1 amide bonds. The average Bonchev–Trinajstić information content (AvgIpc) is 3.09. The Hall–Kier alpha value is -1.80. The van der Waals surface area contributed by atoms with Crippen LogP contribution in [0.4, 0.5) is 10.8 Å². The van der Waals surface area contributed by atoms with Crippen LogP contribution in [0.15, 0.2) is 28.6 Å². The summed E-state index contributed by atoms with van der Waals surface area (Å²) >= 11 is 2.86. The maximum atomic E-state index is 12.1. The lowest BCUT2D eigenvalue weighted by molar-refractivity contribution is -0.119. The molecule has 1 aromatic heterocycles. The number of hydrogen-bond acceptors (Lipinski definition) is 7. The van der Waals surface area contributed by atoms with Crippen LogP contribution in [0.3, 0.4) is 0 Å². The van der Waals surface area contributed by atoms with Gasteiger partial charge >= 0.3 is 0 Å². The molecule has 0 spiro atoms. The number of methoxy groups -OCH3 is 1. The number of nitrogens with one attached hydrogen (secondary N) is 2. The largest absolute Gasteiger partial charge is 0.497 e. The van der Waals surface area contributed by atoms with E-state index in [-0.39, 0.29) is 5.91 Å². The quantitative estimate of drug-likeness (QED) is 0.692. The molecule has 2 aromatic rings. The van der Waals surface area contributed by atoms with Gasteiger partial charge in [-0.2, -0.15) is 0 Å². The van der Waals surface area contributed by atoms with E-state index >= 15 is 0 Å². The molecule has 26 heavy (non-hydrogen) atoms. The van der Waals surface area contributed by atoms with Gasteiger partial charge < -0.3 is 15.4 Å². The molecule has 1 aliphatic carbocycles. The second-order valence-corrected chi connectivity index (χ2v) is 8.74. The molecule has 8 heteroatoms. The van der Waals surface area contributed by atoms with E-state index in [9.17, 15) is 4.79 Å². The van der Waals surface area contributed by atoms with Crippen LogP contribution in [0.2, 0.25) is 0 Å². The number of carbonyl (C=O) groups is 1. The molecule has 0 aliphatic heterocycles. The number of hydrogen-bond donors (Lipinski definition) is 2. The van der Waals surface area contributed by atoms with Gasteiger partial charge in [0.1, 0.15) is 5.75 Å². The molecular weight excluding hydrogens is 368 g/mol. The van der Waals surface area contributed by atoms with Crippen LogP contribution in [-0.4, -0.2) is 35.0 Å². The van der Waals surface area contributed by atoms with Crippen molar-refractivity contribution in [1.82, 2.24) is 15.5 Å². The van der Waals surface area contributed by atoms with E-state index < -0.39 is 0 Å². The fourth-order valence-corrected chi connectivity index (χ4v) is 4.53. The Labute approximate surface area is 162 Å². The van der Waals surface area contributed by atoms with E-state index in [0.29, 0.717) is 16.9 Å². The first kappa shape index (κ1) is 19.0. The molecule has 1 heterocycles. The smallest absolute Gasteiger partial charge is 0.230 e. The van der Waals surface area contributed by atoms with E-state index in [0.717, 1.165) is 34.5 Å². The van der Waals surface area contributed by atoms with Gasteiger partial charge in [0.15, 0.2) is 4.34 Å². The number of thioether (sulfide) groups is 1. The monoisotopic (exact) mass is 392 g/mol. The molecule has 1 aliphatic rings. The summed E-state index contributed by atoms with van der Waals surface area (Å²) in [7, 11) is 1.64. The van der Waals surface area contributed by atoms with Gasteiger partial charge in [0.05, 0.1) is 12.9 Å². The zero-order valence-corrected chi connectivity index (χ0v) is 16.7. The summed E-state index contributed by atoms with van der Waals surface area (Å²) < 4.78 is 5.99. The molecule has 140 valence electrons. The summed E-state index contributed by atoms with van der Waals surface area (Å²) in [5.74, 6) is 2.02. The molecule has 0 saturated heterocycles. The van der Waals surface area contributed by atoms with Crippen LogP contribution < -0.4 is 15.4 Å². The summed E-state index contributed by atoms with van der Waals surface area (Å²) in [6.07, 6.45) is 4.58. The van der Waals surface area contributed by atoms with Gasteiger partial charge in [0.25, 0.3) is 0 Å². The summed E-state index contributed by atoms with van der Waals surface area (Å²) in [5.41, 5.74) is 0.890. The number of ether oxygens (including phenoxy) is 1. The maximum Gasteiger partial charge on any atom is 0.230 e. The second-order valence-electron chi connectivity index (χ2n) is 6.54. The predicted molar refractivity (Wildman–Crippen MR) is 106 cm³/mol. The van der Waals surface area contributed by atoms with Crippen molar-refractivity contribution >= 4 is 39.8 Å². The van der Waals surface area contributed by atoms with Gasteiger partial charge in [-0.05, 0) is 43.7 Å². The molecular formula is C18H24N4O2S2. The van der Waals surface area contributed by atoms with Gasteiger partial charge in [-0.1, -0.05) is 36.1 Å². The fraction of sp³-hybridized carbons (Fsp3) is 0.500. The summed E-state index contributed by atoms with van der Waals surface area (Å²) in [5, 5.41) is 15.3. The number of rotatable bonds is 7. The topological polar surface area (TPSA) is 76.1 Å². The Morgan fingerprint density at radius 1 is 1.31 bits per heavy atom. The number of benzene rings is 1. The first-order valence-corrected chi connectivity index (χ1v) is 10.6. The molecule has 1 fully saturated rings. The maximum absolute atomic E-state index is 12.1. The minimum absolute atomic E-state index is 0.0760. The minimum Gasteiger partial charge on any atom is -0.497 e. The van der Waals surface area contributed by atoms with E-state index in [1.54, 1.807) is 7.11 Å². The van der Waals surface area contributed by atoms with Crippen molar-refractivity contribution in [3.8, 4) is 5.75 Å². The predicted octanol–water partition coefficient (Wildman–Crippen LogP) is 4.08. The SMILES string of the molecule is COc1cccc(Nc2nnc(SCC(=O)NC3CCC(C)CC3)s2)c1. The number of aromatic nitrogens is 2. The molecule has 1 aromatic carbocycles. The van der Waals surface area contributed by atoms with Gasteiger partial charge in [0.2, 0.25) is 11.0 Å². The van der Waals surface area contributed by atoms with Crippen LogP contribution in [0.5, 0.6) is 5.75 Å². The number of anilines is 2. The second kappa shape index (κ2) is 9.23. The van der Waals surface area contributed by atoms with E-state index in [1.807, 2.05) is 24.3 Å². The lowest BCUT2D eigenvalue weighted by Crippen LogP contribution is -2.38. The van der Waals surface area contributed by atoms with Crippen LogP contribution >= 0.6 is 23.1 Å². The van der Waals surface area contributed by atoms with Gasteiger partial charge in [-0.3, -0.25) is 4.79 Å². The molecule has 3 rings (SSSR count). The van der Waals surface area contributed by atoms with Crippen molar-refractivity contribution in [3.05, 3.63) is 24.3 Å². The number of nitrogens with zero attached hydrogens (tertiary/aromatic N) is 2. The number of carbonyl (C=O) groups excluding carboxylic acids is 1. The number of amides is 1. The zero-order valence-electron chi connectivity index (χ0n) is 15.0. The zero-order chi connectivity index (χ0) is 18.4. The van der Waals surface area contributed by atoms with Crippen molar-refractivity contribution in [1.29, 1.82) is 0 Å². The van der Waals surface area contributed by atoms with E-state index in [4.69, 9.17) is 4.74 Å². The highest BCUT2D eigenvalue weighted by atomic mass is 32.2. The van der Waals surface area contributed by atoms with Crippen LogP contribution in [0, 0.1) is 5.92 Å². The third-order valence-electron chi connectivity index (χ3n) is 4.44. The van der Waals surface area contributed by atoms with E-state index in [1.165, 1.54) is 35.9 Å². The Morgan fingerprint density at radius 3 is 2.88 bits per heavy atom. The highest BCUT2D eigenvalue weighted by molar-refractivity contribution is 8.01. The van der Waals surface area contributed by atoms with Gasteiger partial charge in [-0.15, -0.1) is 10.2 Å². The molecule has 0 bridgehead atoms. The van der Waals surface area contributed by atoms with Crippen LogP contribution in [0.1, 0.15) is 32.6 Å². The summed E-state index contributed by atoms with van der Waals surface area (Å²) in [4.78, 5) is 12.1. The molecule has 2 N–H and O–H groups in total. The standard InChI is InChI=1S/C18H24N4O2S2/c1-12-6-8-13(9-7-12)19-16(23)11-25-18-22-21-17(26-18)20-14-4-3-5-15(10-14)24-2/h3-5,10,12-13H,6-9,11H2,1-2H3,(H,19,23)(H,20,21). The van der Waals surface area contributed by atoms with Crippen molar-refractivity contribution in [2.24, 2.45) is 5.92 Å². The van der Waals surface area contributed by atoms with Crippen molar-refractivity contribution in [2.45, 2.75) is 43.0 Å². The Balaban J connectivity index is 1.45. The molecule has 1 saturated carbocycles. The normalized spacial score (nSPS) is 19.8. The highest BCUT2D eigenvalue weighted by Crippen LogP contribution is 2.29. The van der Waals surface area contributed by atoms with Gasteiger partial charge in [-0.25, -0.2) is 0 Å². The van der Waals surface area contributed by atoms with Gasteiger partial charge in [0, 0.05) is 17.8 Å². The highest BCUT2D eigenvalue weighted by Gasteiger charge is 2.20. The Kier molecular flexibility index (Phi) is 6.73. The molecule has 0 atom stereocenters. The fourth-order valence-electron chi connectivity index (χ4n) is 2.94. The Morgan fingerprint density at radius 2 is 2.12 bits per heavy atom. The third kappa shape index (κ3) is 5.60. The van der Waals surface area contributed by atoms with E-state index in [2.05, 4.69) is 27.8 Å². The van der Waals surface area contributed by atoms with Crippen LogP contribution in [-0.2, 0) is 4.79 Å². The Bertz CT molecular complexity index is 729. The lowest BCUT2D eigenvalue weighted by Gasteiger charge is -2.26. The van der Waals surface area contributed by atoms with Crippen LogP contribution in [0.25, 0.3) is 0 Å². The molecule has 0 unspecified atom stereocenters. The summed E-state index contributed by atoms with van der Waals surface area (Å²) in [6.45, 7) is 2.28. The summed E-state index contributed by atoms with van der Waals surface area (Å²) in [6, 6.07) is 7.97. The first-order valence-electron chi connectivity index (χ1n) is 8.79. The third-order valence-corrected chi connectivity index (χ3v) is 6.41. The lowest BCUT2D eigenvalue weighted by atomic mass is 9.87. The molecule has 6 nitrogen and oxygen atoms in total.